The van der Waals surface area contributed by atoms with E-state index in [1.54, 1.807) is 6.07 Å². The number of ether oxygens (including phenoxy) is 1. The average molecular weight is 441 g/mol. The van der Waals surface area contributed by atoms with Gasteiger partial charge in [0, 0.05) is 6.04 Å². The highest BCUT2D eigenvalue weighted by atomic mass is 35.5. The van der Waals surface area contributed by atoms with Crippen molar-refractivity contribution in [3.63, 3.8) is 0 Å². The number of carbonyl (C=O) groups excluding carboxylic acids is 1. The molecule has 2 N–H and O–H groups in total. The van der Waals surface area contributed by atoms with Crippen LogP contribution in [0.4, 0.5) is 10.1 Å². The third-order valence-corrected chi connectivity index (χ3v) is 6.46. The standard InChI is InChI=1S/C20H22ClFN2O4S/c21-16-12-15(29(26,27)24-14-6-2-1-3-7-14)10-11-19(16)28-13-20(25)23-18-9-5-4-8-17(18)22/h4-5,8-12,14,24H,1-3,6-7,13H2,(H,23,25). The molecule has 6 nitrogen and oxygen atoms in total. The Kier molecular flexibility index (Phi) is 7.10. The van der Waals surface area contributed by atoms with E-state index in [1.165, 1.54) is 36.4 Å². The van der Waals surface area contributed by atoms with Gasteiger partial charge in [-0.15, -0.1) is 0 Å². The molecule has 1 amide bonds. The number of hydrogen-bond acceptors (Lipinski definition) is 4. The highest BCUT2D eigenvalue weighted by Crippen LogP contribution is 2.28. The summed E-state index contributed by atoms with van der Waals surface area (Å²) in [4.78, 5) is 12.0. The molecule has 0 unspecified atom stereocenters. The van der Waals surface area contributed by atoms with E-state index in [0.29, 0.717) is 0 Å². The van der Waals surface area contributed by atoms with Gasteiger partial charge in [0.05, 0.1) is 15.6 Å². The molecule has 29 heavy (non-hydrogen) atoms. The van der Waals surface area contributed by atoms with E-state index in [1.807, 2.05) is 0 Å². The highest BCUT2D eigenvalue weighted by Gasteiger charge is 2.22. The Morgan fingerprint density at radius 1 is 1.14 bits per heavy atom. The van der Waals surface area contributed by atoms with Gasteiger partial charge < -0.3 is 10.1 Å². The molecule has 9 heteroatoms. The first kappa shape index (κ1) is 21.5. The van der Waals surface area contributed by atoms with Crippen LogP contribution in [0.2, 0.25) is 5.02 Å². The fourth-order valence-electron chi connectivity index (χ4n) is 3.17. The number of anilines is 1. The quantitative estimate of drug-likeness (QED) is 0.678. The Hall–Kier alpha value is -2.16. The van der Waals surface area contributed by atoms with Crippen molar-refractivity contribution in [3.05, 3.63) is 53.3 Å². The predicted octanol–water partition coefficient (Wildman–Crippen LogP) is 4.11. The number of halogens is 2. The number of hydrogen-bond donors (Lipinski definition) is 2. The van der Waals surface area contributed by atoms with E-state index in [4.69, 9.17) is 16.3 Å². The van der Waals surface area contributed by atoms with E-state index < -0.39 is 28.4 Å². The van der Waals surface area contributed by atoms with Crippen molar-refractivity contribution in [2.45, 2.75) is 43.0 Å². The van der Waals surface area contributed by atoms with Gasteiger partial charge in [0.2, 0.25) is 10.0 Å². The minimum absolute atomic E-state index is 0.0382. The van der Waals surface area contributed by atoms with Crippen LogP contribution in [-0.2, 0) is 14.8 Å². The molecule has 2 aromatic rings. The lowest BCUT2D eigenvalue weighted by atomic mass is 9.96. The second-order valence-corrected chi connectivity index (χ2v) is 8.99. The third kappa shape index (κ3) is 5.91. The smallest absolute Gasteiger partial charge is 0.262 e. The molecular weight excluding hydrogens is 419 g/mol. The van der Waals surface area contributed by atoms with Gasteiger partial charge in [-0.05, 0) is 43.2 Å². The summed E-state index contributed by atoms with van der Waals surface area (Å²) in [6.45, 7) is -0.402. The zero-order chi connectivity index (χ0) is 20.9. The molecule has 0 radical (unpaired) electrons. The fraction of sp³-hybridized carbons (Fsp3) is 0.350. The second kappa shape index (κ2) is 9.56. The van der Waals surface area contributed by atoms with Crippen LogP contribution in [0.3, 0.4) is 0 Å². The van der Waals surface area contributed by atoms with Crippen molar-refractivity contribution < 1.29 is 22.3 Å². The van der Waals surface area contributed by atoms with Gasteiger partial charge in [0.15, 0.2) is 6.61 Å². The Bertz CT molecular complexity index is 978. The van der Waals surface area contributed by atoms with Crippen LogP contribution in [0, 0.1) is 5.82 Å². The maximum atomic E-state index is 13.6. The van der Waals surface area contributed by atoms with Crippen LogP contribution in [0.1, 0.15) is 32.1 Å². The lowest BCUT2D eigenvalue weighted by Gasteiger charge is -2.22. The number of amides is 1. The van der Waals surface area contributed by atoms with Crippen molar-refractivity contribution in [1.29, 1.82) is 0 Å². The molecule has 2 aromatic carbocycles. The molecule has 0 spiro atoms. The van der Waals surface area contributed by atoms with E-state index in [2.05, 4.69) is 10.0 Å². The zero-order valence-electron chi connectivity index (χ0n) is 15.7. The maximum Gasteiger partial charge on any atom is 0.262 e. The van der Waals surface area contributed by atoms with Gasteiger partial charge in [-0.2, -0.15) is 0 Å². The van der Waals surface area contributed by atoms with E-state index in [-0.39, 0.29) is 27.4 Å². The molecular formula is C20H22ClFN2O4S. The van der Waals surface area contributed by atoms with Gasteiger partial charge in [-0.1, -0.05) is 43.0 Å². The Labute approximate surface area is 174 Å². The van der Waals surface area contributed by atoms with Crippen molar-refractivity contribution in [1.82, 2.24) is 4.72 Å². The summed E-state index contributed by atoms with van der Waals surface area (Å²) < 4.78 is 46.7. The number of nitrogens with one attached hydrogen (secondary N) is 2. The second-order valence-electron chi connectivity index (χ2n) is 6.87. The first-order valence-electron chi connectivity index (χ1n) is 9.34. The van der Waals surface area contributed by atoms with Crippen molar-refractivity contribution in [3.8, 4) is 5.75 Å². The largest absolute Gasteiger partial charge is 0.482 e. The number of para-hydroxylation sites is 1. The third-order valence-electron chi connectivity index (χ3n) is 4.65. The van der Waals surface area contributed by atoms with Gasteiger partial charge in [0.1, 0.15) is 11.6 Å². The molecule has 1 aliphatic carbocycles. The van der Waals surface area contributed by atoms with Gasteiger partial charge in [0.25, 0.3) is 5.91 Å². The van der Waals surface area contributed by atoms with Gasteiger partial charge in [-0.3, -0.25) is 4.79 Å². The first-order chi connectivity index (χ1) is 13.8. The number of carbonyl (C=O) groups is 1. The van der Waals surface area contributed by atoms with E-state index in [9.17, 15) is 17.6 Å². The topological polar surface area (TPSA) is 84.5 Å². The van der Waals surface area contributed by atoms with Crippen LogP contribution in [0.25, 0.3) is 0 Å². The molecule has 1 fully saturated rings. The molecule has 0 aromatic heterocycles. The number of benzene rings is 2. The van der Waals surface area contributed by atoms with Crippen LogP contribution in [0.15, 0.2) is 47.4 Å². The van der Waals surface area contributed by atoms with E-state index in [0.717, 1.165) is 32.1 Å². The summed E-state index contributed by atoms with van der Waals surface area (Å²) >= 11 is 6.14. The van der Waals surface area contributed by atoms with Crippen LogP contribution in [0.5, 0.6) is 5.75 Å². The monoisotopic (exact) mass is 440 g/mol. The zero-order valence-corrected chi connectivity index (χ0v) is 17.2. The van der Waals surface area contributed by atoms with Crippen molar-refractivity contribution in [2.75, 3.05) is 11.9 Å². The molecule has 0 atom stereocenters. The minimum Gasteiger partial charge on any atom is -0.482 e. The Morgan fingerprint density at radius 2 is 1.86 bits per heavy atom. The summed E-state index contributed by atoms with van der Waals surface area (Å²) in [5.74, 6) is -0.965. The summed E-state index contributed by atoms with van der Waals surface area (Å²) in [5, 5.41) is 2.46. The molecule has 0 heterocycles. The first-order valence-corrected chi connectivity index (χ1v) is 11.2. The van der Waals surface area contributed by atoms with Crippen LogP contribution in [-0.4, -0.2) is 27.0 Å². The molecule has 0 saturated heterocycles. The summed E-state index contributed by atoms with van der Waals surface area (Å²) in [5.41, 5.74) is 0.0439. The number of sulfonamides is 1. The van der Waals surface area contributed by atoms with Crippen molar-refractivity contribution >= 4 is 33.2 Å². The summed E-state index contributed by atoms with van der Waals surface area (Å²) in [7, 11) is -3.69. The molecule has 1 aliphatic rings. The van der Waals surface area contributed by atoms with Crippen molar-refractivity contribution in [2.24, 2.45) is 0 Å². The predicted molar refractivity (Wildman–Crippen MR) is 109 cm³/mol. The average Bonchev–Trinajstić information content (AvgIpc) is 2.69. The minimum atomic E-state index is -3.69. The Morgan fingerprint density at radius 3 is 2.55 bits per heavy atom. The van der Waals surface area contributed by atoms with E-state index >= 15 is 0 Å². The lowest BCUT2D eigenvalue weighted by molar-refractivity contribution is -0.118. The molecule has 0 bridgehead atoms. The molecule has 0 aliphatic heterocycles. The fourth-order valence-corrected chi connectivity index (χ4v) is 4.80. The van der Waals surface area contributed by atoms with Crippen LogP contribution < -0.4 is 14.8 Å². The maximum absolute atomic E-state index is 13.6. The lowest BCUT2D eigenvalue weighted by Crippen LogP contribution is -2.36. The van der Waals surface area contributed by atoms with Crippen LogP contribution >= 0.6 is 11.6 Å². The molecule has 1 saturated carbocycles. The number of rotatable bonds is 7. The summed E-state index contributed by atoms with van der Waals surface area (Å²) in [6, 6.07) is 9.77. The van der Waals surface area contributed by atoms with Gasteiger partial charge >= 0.3 is 0 Å². The molecule has 3 rings (SSSR count). The normalized spacial score (nSPS) is 15.1. The van der Waals surface area contributed by atoms with Gasteiger partial charge in [-0.25, -0.2) is 17.5 Å². The summed E-state index contributed by atoms with van der Waals surface area (Å²) in [6.07, 6.45) is 4.79. The highest BCUT2D eigenvalue weighted by molar-refractivity contribution is 7.89. The SMILES string of the molecule is O=C(COc1ccc(S(=O)(=O)NC2CCCCC2)cc1Cl)Nc1ccccc1F. The Balaban J connectivity index is 1.60. The molecule has 156 valence electrons.